The molecule has 0 aromatic rings. The van der Waals surface area contributed by atoms with Crippen molar-refractivity contribution in [3.63, 3.8) is 0 Å². The number of aliphatic hydroxyl groups excluding tert-OH is 1. The van der Waals surface area contributed by atoms with Crippen LogP contribution >= 0.6 is 0 Å². The van der Waals surface area contributed by atoms with Gasteiger partial charge in [-0.2, -0.15) is 0 Å². The van der Waals surface area contributed by atoms with Crippen LogP contribution in [0.15, 0.2) is 0 Å². The minimum absolute atomic E-state index is 0.231. The molecule has 5 nitrogen and oxygen atoms in total. The van der Waals surface area contributed by atoms with Gasteiger partial charge in [-0.15, -0.1) is 0 Å². The highest BCUT2D eigenvalue weighted by atomic mass is 16.3. The van der Waals surface area contributed by atoms with E-state index in [9.17, 15) is 14.7 Å². The van der Waals surface area contributed by atoms with Crippen LogP contribution in [0.3, 0.4) is 0 Å². The molecule has 0 bridgehead atoms. The molecule has 37 heavy (non-hydrogen) atoms. The average molecular weight is 525 g/mol. The Bertz CT molecular complexity index is 487. The van der Waals surface area contributed by atoms with Gasteiger partial charge in [0.25, 0.3) is 0 Å². The van der Waals surface area contributed by atoms with E-state index >= 15 is 0 Å². The third-order valence-corrected chi connectivity index (χ3v) is 7.49. The highest BCUT2D eigenvalue weighted by Crippen LogP contribution is 2.12. The summed E-state index contributed by atoms with van der Waals surface area (Å²) in [7, 11) is 0. The highest BCUT2D eigenvalue weighted by Gasteiger charge is 2.12. The normalized spacial score (nSPS) is 11.4. The van der Waals surface area contributed by atoms with Gasteiger partial charge in [0.15, 0.2) is 0 Å². The smallest absolute Gasteiger partial charge is 0.222 e. The molecule has 0 radical (unpaired) electrons. The van der Waals surface area contributed by atoms with E-state index in [0.717, 1.165) is 77.5 Å². The largest absolute Gasteiger partial charge is 0.395 e. The second-order valence-electron chi connectivity index (χ2n) is 11.0. The zero-order valence-corrected chi connectivity index (χ0v) is 25.0. The monoisotopic (exact) mass is 524 g/mol. The van der Waals surface area contributed by atoms with E-state index in [0.29, 0.717) is 18.7 Å². The first-order valence-electron chi connectivity index (χ1n) is 16.2. The number of amides is 1. The van der Waals surface area contributed by atoms with Crippen molar-refractivity contribution in [2.75, 3.05) is 39.3 Å². The summed E-state index contributed by atoms with van der Waals surface area (Å²) >= 11 is 0. The molecule has 0 aromatic heterocycles. The van der Waals surface area contributed by atoms with E-state index in [-0.39, 0.29) is 6.61 Å². The van der Waals surface area contributed by atoms with Gasteiger partial charge in [-0.05, 0) is 51.6 Å². The number of rotatable bonds is 30. The van der Waals surface area contributed by atoms with Crippen LogP contribution in [0.4, 0.5) is 0 Å². The van der Waals surface area contributed by atoms with Crippen molar-refractivity contribution >= 4 is 12.2 Å². The van der Waals surface area contributed by atoms with Crippen LogP contribution < -0.4 is 0 Å². The lowest BCUT2D eigenvalue weighted by Crippen LogP contribution is -2.32. The van der Waals surface area contributed by atoms with Crippen molar-refractivity contribution in [1.82, 2.24) is 9.80 Å². The lowest BCUT2D eigenvalue weighted by Gasteiger charge is -2.23. The molecule has 0 unspecified atom stereocenters. The molecule has 0 aliphatic rings. The maximum atomic E-state index is 12.9. The van der Waals surface area contributed by atoms with E-state index in [1.165, 1.54) is 89.9 Å². The zero-order valence-electron chi connectivity index (χ0n) is 25.0. The molecule has 0 saturated heterocycles. The van der Waals surface area contributed by atoms with Gasteiger partial charge in [0.1, 0.15) is 6.29 Å². The fourth-order valence-corrected chi connectivity index (χ4v) is 5.04. The van der Waals surface area contributed by atoms with E-state index in [4.69, 9.17) is 0 Å². The Kier molecular flexibility index (Phi) is 28.9. The predicted molar refractivity (Wildman–Crippen MR) is 159 cm³/mol. The quantitative estimate of drug-likeness (QED) is 0.0765. The van der Waals surface area contributed by atoms with Crippen molar-refractivity contribution in [3.05, 3.63) is 0 Å². The third-order valence-electron chi connectivity index (χ3n) is 7.49. The van der Waals surface area contributed by atoms with Gasteiger partial charge in [0.05, 0.1) is 6.61 Å². The van der Waals surface area contributed by atoms with Gasteiger partial charge in [0.2, 0.25) is 5.91 Å². The summed E-state index contributed by atoms with van der Waals surface area (Å²) in [4.78, 5) is 27.8. The molecule has 0 atom stereocenters. The minimum Gasteiger partial charge on any atom is -0.395 e. The van der Waals surface area contributed by atoms with Gasteiger partial charge in [0, 0.05) is 32.5 Å². The molecule has 0 aliphatic carbocycles. The van der Waals surface area contributed by atoms with Crippen LogP contribution in [0.2, 0.25) is 0 Å². The summed E-state index contributed by atoms with van der Waals surface area (Å²) in [5.41, 5.74) is 0. The Morgan fingerprint density at radius 2 is 1.00 bits per heavy atom. The predicted octanol–water partition coefficient (Wildman–Crippen LogP) is 7.93. The van der Waals surface area contributed by atoms with E-state index in [2.05, 4.69) is 23.6 Å². The summed E-state index contributed by atoms with van der Waals surface area (Å²) in [5, 5.41) is 9.38. The standard InChI is InChI=1S/C32H64N2O3/c1-3-5-7-9-16-22-28-34(27-21-8-6-4-2)32(37)24-18-13-12-15-20-26-33(29-31-36)25-19-14-10-11-17-23-30-35/h30,36H,3-29,31H2,1-2H3. The fraction of sp³-hybridized carbons (Fsp3) is 0.938. The first-order chi connectivity index (χ1) is 18.2. The van der Waals surface area contributed by atoms with Crippen molar-refractivity contribution in [2.24, 2.45) is 0 Å². The second-order valence-corrected chi connectivity index (χ2v) is 11.0. The first kappa shape index (κ1) is 36.1. The molecule has 0 spiro atoms. The average Bonchev–Trinajstić information content (AvgIpc) is 2.90. The topological polar surface area (TPSA) is 60.9 Å². The Balaban J connectivity index is 4.01. The van der Waals surface area contributed by atoms with Crippen molar-refractivity contribution < 1.29 is 14.7 Å². The molecule has 0 fully saturated rings. The van der Waals surface area contributed by atoms with Crippen LogP contribution in [0.25, 0.3) is 0 Å². The van der Waals surface area contributed by atoms with Gasteiger partial charge >= 0.3 is 0 Å². The Hall–Kier alpha value is -0.940. The molecule has 0 rings (SSSR count). The molecule has 0 aliphatic heterocycles. The van der Waals surface area contributed by atoms with E-state index < -0.39 is 0 Å². The lowest BCUT2D eigenvalue weighted by molar-refractivity contribution is -0.131. The molecule has 5 heteroatoms. The molecule has 220 valence electrons. The maximum absolute atomic E-state index is 12.9. The molecule has 0 aromatic carbocycles. The summed E-state index contributed by atoms with van der Waals surface area (Å²) in [6.45, 7) is 9.53. The van der Waals surface area contributed by atoms with Gasteiger partial charge in [-0.1, -0.05) is 104 Å². The van der Waals surface area contributed by atoms with Crippen LogP contribution in [0.5, 0.6) is 0 Å². The molecular weight excluding hydrogens is 460 g/mol. The van der Waals surface area contributed by atoms with Crippen molar-refractivity contribution in [1.29, 1.82) is 0 Å². The summed E-state index contributed by atoms with van der Waals surface area (Å²) in [5.74, 6) is 0.380. The Morgan fingerprint density at radius 1 is 0.568 bits per heavy atom. The number of hydrogen-bond donors (Lipinski definition) is 1. The van der Waals surface area contributed by atoms with Gasteiger partial charge in [-0.3, -0.25) is 4.79 Å². The van der Waals surface area contributed by atoms with Gasteiger partial charge < -0.3 is 19.7 Å². The highest BCUT2D eigenvalue weighted by molar-refractivity contribution is 5.76. The Morgan fingerprint density at radius 3 is 1.51 bits per heavy atom. The van der Waals surface area contributed by atoms with E-state index in [1.807, 2.05) is 0 Å². The third kappa shape index (κ3) is 25.1. The number of unbranched alkanes of at least 4 members (excludes halogenated alkanes) is 17. The fourth-order valence-electron chi connectivity index (χ4n) is 5.04. The summed E-state index contributed by atoms with van der Waals surface area (Å²) in [6, 6.07) is 0. The Labute approximate surface area is 231 Å². The molecule has 1 N–H and O–H groups in total. The minimum atomic E-state index is 0.231. The number of nitrogens with zero attached hydrogens (tertiary/aromatic N) is 2. The van der Waals surface area contributed by atoms with Crippen LogP contribution in [-0.4, -0.2) is 66.4 Å². The number of aldehydes is 1. The number of carbonyl (C=O) groups is 2. The van der Waals surface area contributed by atoms with E-state index in [1.54, 1.807) is 0 Å². The molecule has 1 amide bonds. The lowest BCUT2D eigenvalue weighted by atomic mass is 10.1. The first-order valence-corrected chi connectivity index (χ1v) is 16.2. The molecule has 0 saturated carbocycles. The van der Waals surface area contributed by atoms with Gasteiger partial charge in [-0.25, -0.2) is 0 Å². The number of hydrogen-bond acceptors (Lipinski definition) is 4. The molecular formula is C32H64N2O3. The van der Waals surface area contributed by atoms with Crippen LogP contribution in [-0.2, 0) is 9.59 Å². The number of carbonyl (C=O) groups excluding carboxylic acids is 2. The van der Waals surface area contributed by atoms with Crippen LogP contribution in [0.1, 0.15) is 155 Å². The molecule has 0 heterocycles. The SMILES string of the molecule is CCCCCCCCN(CCCCCC)C(=O)CCCCCCCN(CCO)CCCCCCCC=O. The van der Waals surface area contributed by atoms with Crippen molar-refractivity contribution in [3.8, 4) is 0 Å². The zero-order chi connectivity index (χ0) is 27.2. The summed E-state index contributed by atoms with van der Waals surface area (Å²) < 4.78 is 0. The number of aliphatic hydroxyl groups is 1. The maximum Gasteiger partial charge on any atom is 0.222 e. The summed E-state index contributed by atoms with van der Waals surface area (Å²) in [6.07, 6.45) is 26.5. The van der Waals surface area contributed by atoms with Crippen molar-refractivity contribution in [2.45, 2.75) is 155 Å². The van der Waals surface area contributed by atoms with Crippen LogP contribution in [0, 0.1) is 0 Å². The second kappa shape index (κ2) is 29.6.